The molecule has 0 heterocycles. The Balaban J connectivity index is 2.54. The molecule has 116 valence electrons. The lowest BCUT2D eigenvalue weighted by Gasteiger charge is -2.35. The second-order valence-electron chi connectivity index (χ2n) is 6.44. The van der Waals surface area contributed by atoms with E-state index in [1.807, 2.05) is 38.1 Å². The zero-order valence-electron chi connectivity index (χ0n) is 13.1. The van der Waals surface area contributed by atoms with Gasteiger partial charge < -0.3 is 15.1 Å². The van der Waals surface area contributed by atoms with E-state index in [1.165, 1.54) is 0 Å². The topological polar surface area (TPSA) is 60.8 Å². The van der Waals surface area contributed by atoms with Gasteiger partial charge in [-0.15, -0.1) is 0 Å². The maximum Gasteiger partial charge on any atom is 0.314 e. The van der Waals surface area contributed by atoms with Crippen molar-refractivity contribution in [3.05, 3.63) is 28.8 Å². The summed E-state index contributed by atoms with van der Waals surface area (Å²) in [4.78, 5) is 13.9. The fourth-order valence-electron chi connectivity index (χ4n) is 3.39. The molecule has 0 radical (unpaired) electrons. The summed E-state index contributed by atoms with van der Waals surface area (Å²) in [6.45, 7) is 2.57. The minimum atomic E-state index is -0.920. The van der Waals surface area contributed by atoms with Crippen LogP contribution >= 0.6 is 0 Å². The predicted molar refractivity (Wildman–Crippen MR) is 82.6 cm³/mol. The average Bonchev–Trinajstić information content (AvgIpc) is 2.43. The molecule has 0 bridgehead atoms. The first-order chi connectivity index (χ1) is 9.88. The molecule has 1 aromatic rings. The first-order valence-electron chi connectivity index (χ1n) is 7.58. The van der Waals surface area contributed by atoms with Crippen LogP contribution in [0.15, 0.2) is 12.1 Å². The highest BCUT2D eigenvalue weighted by Gasteiger charge is 2.43. The zero-order valence-corrected chi connectivity index (χ0v) is 13.1. The largest absolute Gasteiger partial charge is 0.507 e. The molecule has 1 aromatic carbocycles. The van der Waals surface area contributed by atoms with Gasteiger partial charge in [-0.2, -0.15) is 0 Å². The van der Waals surface area contributed by atoms with Crippen molar-refractivity contribution in [3.8, 4) is 5.75 Å². The van der Waals surface area contributed by atoms with Crippen LogP contribution in [0.5, 0.6) is 5.75 Å². The van der Waals surface area contributed by atoms with E-state index in [-0.39, 0.29) is 5.75 Å². The van der Waals surface area contributed by atoms with E-state index in [0.717, 1.165) is 30.4 Å². The Morgan fingerprint density at radius 3 is 2.38 bits per heavy atom. The first-order valence-corrected chi connectivity index (χ1v) is 7.58. The van der Waals surface area contributed by atoms with Gasteiger partial charge >= 0.3 is 5.97 Å². The molecule has 0 aliphatic heterocycles. The molecule has 0 unspecified atom stereocenters. The highest BCUT2D eigenvalue weighted by molar-refractivity contribution is 5.83. The first kappa shape index (κ1) is 15.8. The Morgan fingerprint density at radius 1 is 1.24 bits per heavy atom. The molecule has 1 aliphatic rings. The van der Waals surface area contributed by atoms with Crippen molar-refractivity contribution >= 4 is 5.97 Å². The van der Waals surface area contributed by atoms with E-state index in [2.05, 4.69) is 0 Å². The molecule has 4 nitrogen and oxygen atoms in total. The van der Waals surface area contributed by atoms with Gasteiger partial charge in [0, 0.05) is 17.7 Å². The summed E-state index contributed by atoms with van der Waals surface area (Å²) in [5, 5.41) is 20.5. The SMILES string of the molecule is Cc1ccc(C2(C(=O)O)CCCCC2)c(O)c1CN(C)C. The van der Waals surface area contributed by atoms with Crippen LogP contribution in [0.1, 0.15) is 48.8 Å². The lowest BCUT2D eigenvalue weighted by atomic mass is 9.68. The minimum Gasteiger partial charge on any atom is -0.507 e. The fraction of sp³-hybridized carbons (Fsp3) is 0.588. The molecule has 1 fully saturated rings. The molecular weight excluding hydrogens is 266 g/mol. The quantitative estimate of drug-likeness (QED) is 0.895. The van der Waals surface area contributed by atoms with Gasteiger partial charge in [0.15, 0.2) is 0 Å². The van der Waals surface area contributed by atoms with Crippen LogP contribution in [0.3, 0.4) is 0 Å². The smallest absolute Gasteiger partial charge is 0.314 e. The molecule has 2 N–H and O–H groups in total. The number of carboxylic acid groups (broad SMARTS) is 1. The Morgan fingerprint density at radius 2 is 1.86 bits per heavy atom. The second kappa shape index (κ2) is 6.06. The van der Waals surface area contributed by atoms with Gasteiger partial charge in [-0.1, -0.05) is 31.4 Å². The van der Waals surface area contributed by atoms with Crippen LogP contribution in [0.25, 0.3) is 0 Å². The molecule has 0 spiro atoms. The van der Waals surface area contributed by atoms with Gasteiger partial charge in [0.1, 0.15) is 5.75 Å². The summed E-state index contributed by atoms with van der Waals surface area (Å²) in [5.74, 6) is -0.634. The van der Waals surface area contributed by atoms with Gasteiger partial charge in [-0.05, 0) is 39.4 Å². The van der Waals surface area contributed by atoms with E-state index in [0.29, 0.717) is 24.9 Å². The normalized spacial score (nSPS) is 17.9. The minimum absolute atomic E-state index is 0.174. The van der Waals surface area contributed by atoms with Gasteiger partial charge in [0.05, 0.1) is 5.41 Å². The van der Waals surface area contributed by atoms with Crippen LogP contribution in [-0.2, 0) is 16.8 Å². The standard InChI is InChI=1S/C17H25NO3/c1-12-7-8-14(15(19)13(12)11-18(2)3)17(16(20)21)9-5-4-6-10-17/h7-8,19H,4-6,9-11H2,1-3H3,(H,20,21). The summed E-state index contributed by atoms with van der Waals surface area (Å²) >= 11 is 0. The third-order valence-electron chi connectivity index (χ3n) is 4.62. The van der Waals surface area contributed by atoms with Crippen molar-refractivity contribution in [2.24, 2.45) is 0 Å². The number of aliphatic carboxylic acids is 1. The molecule has 0 saturated heterocycles. The Labute approximate surface area is 126 Å². The average molecular weight is 291 g/mol. The highest BCUT2D eigenvalue weighted by atomic mass is 16.4. The van der Waals surface area contributed by atoms with E-state index in [9.17, 15) is 15.0 Å². The number of carboxylic acids is 1. The Hall–Kier alpha value is -1.55. The van der Waals surface area contributed by atoms with Crippen molar-refractivity contribution in [2.45, 2.75) is 51.0 Å². The highest BCUT2D eigenvalue weighted by Crippen LogP contribution is 2.45. The molecule has 0 aromatic heterocycles. The summed E-state index contributed by atoms with van der Waals surface area (Å²) in [7, 11) is 3.89. The van der Waals surface area contributed by atoms with Crippen molar-refractivity contribution in [1.29, 1.82) is 0 Å². The van der Waals surface area contributed by atoms with Crippen molar-refractivity contribution in [3.63, 3.8) is 0 Å². The second-order valence-corrected chi connectivity index (χ2v) is 6.44. The molecule has 2 rings (SSSR count). The number of hydrogen-bond donors (Lipinski definition) is 2. The molecule has 0 atom stereocenters. The van der Waals surface area contributed by atoms with E-state index < -0.39 is 11.4 Å². The number of phenolic OH excluding ortho intramolecular Hbond substituents is 1. The number of aromatic hydroxyl groups is 1. The van der Waals surface area contributed by atoms with E-state index in [1.54, 1.807) is 0 Å². The van der Waals surface area contributed by atoms with Gasteiger partial charge in [0.25, 0.3) is 0 Å². The van der Waals surface area contributed by atoms with Crippen LogP contribution in [0, 0.1) is 6.92 Å². The number of carbonyl (C=O) groups is 1. The van der Waals surface area contributed by atoms with Gasteiger partial charge in [-0.25, -0.2) is 0 Å². The summed E-state index contributed by atoms with van der Waals surface area (Å²) < 4.78 is 0. The van der Waals surface area contributed by atoms with Crippen LogP contribution in [0.4, 0.5) is 0 Å². The van der Waals surface area contributed by atoms with E-state index >= 15 is 0 Å². The maximum absolute atomic E-state index is 11.9. The Bertz CT molecular complexity index is 531. The number of nitrogens with zero attached hydrogens (tertiary/aromatic N) is 1. The maximum atomic E-state index is 11.9. The monoisotopic (exact) mass is 291 g/mol. The predicted octanol–water partition coefficient (Wildman–Crippen LogP) is 3.05. The van der Waals surface area contributed by atoms with Gasteiger partial charge in [-0.3, -0.25) is 4.79 Å². The van der Waals surface area contributed by atoms with Crippen LogP contribution < -0.4 is 0 Å². The summed E-state index contributed by atoms with van der Waals surface area (Å²) in [6.07, 6.45) is 4.11. The third kappa shape index (κ3) is 2.91. The molecule has 1 aliphatic carbocycles. The molecule has 4 heteroatoms. The number of rotatable bonds is 4. The van der Waals surface area contributed by atoms with Crippen LogP contribution in [0.2, 0.25) is 0 Å². The van der Waals surface area contributed by atoms with Crippen LogP contribution in [-0.4, -0.2) is 35.2 Å². The Kier molecular flexibility index (Phi) is 4.57. The van der Waals surface area contributed by atoms with E-state index in [4.69, 9.17) is 0 Å². The molecule has 0 amide bonds. The lowest BCUT2D eigenvalue weighted by molar-refractivity contribution is -0.145. The number of hydrogen-bond acceptors (Lipinski definition) is 3. The van der Waals surface area contributed by atoms with Crippen molar-refractivity contribution in [1.82, 2.24) is 4.90 Å². The summed E-state index contributed by atoms with van der Waals surface area (Å²) in [6, 6.07) is 3.75. The zero-order chi connectivity index (χ0) is 15.6. The van der Waals surface area contributed by atoms with Gasteiger partial charge in [0.2, 0.25) is 0 Å². The number of phenols is 1. The molecular formula is C17H25NO3. The third-order valence-corrected chi connectivity index (χ3v) is 4.62. The molecule has 1 saturated carbocycles. The molecule has 21 heavy (non-hydrogen) atoms. The number of benzene rings is 1. The summed E-state index contributed by atoms with van der Waals surface area (Å²) in [5.41, 5.74) is 1.51. The number of aryl methyl sites for hydroxylation is 1. The lowest BCUT2D eigenvalue weighted by Crippen LogP contribution is -2.38. The van der Waals surface area contributed by atoms with Crippen molar-refractivity contribution in [2.75, 3.05) is 14.1 Å². The van der Waals surface area contributed by atoms with Crippen molar-refractivity contribution < 1.29 is 15.0 Å². The fourth-order valence-corrected chi connectivity index (χ4v) is 3.39.